The Labute approximate surface area is 205 Å². The minimum atomic E-state index is -4.70. The van der Waals surface area contributed by atoms with E-state index >= 15 is 0 Å². The number of carbonyl (C=O) groups is 1. The molecule has 1 N–H and O–H groups in total. The Balaban J connectivity index is 1.62. The largest absolute Gasteiger partial charge is 0.417 e. The van der Waals surface area contributed by atoms with Crippen molar-refractivity contribution < 1.29 is 27.1 Å². The minimum Gasteiger partial charge on any atom is -0.372 e. The minimum absolute atomic E-state index is 0.000350. The highest BCUT2D eigenvalue weighted by Crippen LogP contribution is 2.31. The number of halogens is 4. The van der Waals surface area contributed by atoms with E-state index in [1.54, 1.807) is 49.2 Å². The standard InChI is InChI=1S/C25H25F4N5O2/c1-14-7-8-18(20-6-4-5-9-30-20)22(33-14)24(35)34-13-15(2)36-16(3)21(34)12-32-23-19(26)10-17(11-31-23)25(27,28)29/h4-11,15-16,21H,12-13H2,1-3H3,(H,31,32)/t15-,16+,21-/m1/s1. The summed E-state index contributed by atoms with van der Waals surface area (Å²) in [7, 11) is 0. The maximum atomic E-state index is 14.3. The SMILES string of the molecule is Cc1ccc(-c2ccccn2)c(C(=O)N2C[C@@H](C)O[C@@H](C)[C@H]2CNc2ncc(C(F)(F)F)cc2F)n1. The lowest BCUT2D eigenvalue weighted by molar-refractivity contribution is -0.138. The third-order valence-electron chi connectivity index (χ3n) is 5.93. The van der Waals surface area contributed by atoms with Crippen LogP contribution in [0.15, 0.2) is 48.8 Å². The maximum absolute atomic E-state index is 14.3. The van der Waals surface area contributed by atoms with Crippen LogP contribution in [0.4, 0.5) is 23.4 Å². The first-order chi connectivity index (χ1) is 17.0. The number of nitrogens with one attached hydrogen (secondary N) is 1. The van der Waals surface area contributed by atoms with Crippen LogP contribution < -0.4 is 5.32 Å². The fourth-order valence-corrected chi connectivity index (χ4v) is 4.18. The Bertz CT molecular complexity index is 1240. The molecular weight excluding hydrogens is 478 g/mol. The van der Waals surface area contributed by atoms with Crippen LogP contribution in [0, 0.1) is 12.7 Å². The summed E-state index contributed by atoms with van der Waals surface area (Å²) in [4.78, 5) is 27.9. The summed E-state index contributed by atoms with van der Waals surface area (Å²) in [5, 5.41) is 2.74. The van der Waals surface area contributed by atoms with Crippen molar-refractivity contribution in [2.45, 2.75) is 45.2 Å². The maximum Gasteiger partial charge on any atom is 0.417 e. The van der Waals surface area contributed by atoms with Gasteiger partial charge in [-0.25, -0.2) is 14.4 Å². The monoisotopic (exact) mass is 503 g/mol. The van der Waals surface area contributed by atoms with Crippen LogP contribution in [-0.4, -0.2) is 57.1 Å². The molecule has 1 amide bonds. The van der Waals surface area contributed by atoms with Gasteiger partial charge in [-0.15, -0.1) is 0 Å². The summed E-state index contributed by atoms with van der Waals surface area (Å²) in [6.45, 7) is 5.64. The Morgan fingerprint density at radius 2 is 1.97 bits per heavy atom. The van der Waals surface area contributed by atoms with Crippen molar-refractivity contribution >= 4 is 11.7 Å². The average Bonchev–Trinajstić information content (AvgIpc) is 2.83. The number of hydrogen-bond acceptors (Lipinski definition) is 6. The zero-order valence-electron chi connectivity index (χ0n) is 19.9. The summed E-state index contributed by atoms with van der Waals surface area (Å²) in [5.41, 5.74) is 0.851. The Kier molecular flexibility index (Phi) is 7.21. The number of hydrogen-bond donors (Lipinski definition) is 1. The molecule has 190 valence electrons. The molecule has 0 unspecified atom stereocenters. The first-order valence-corrected chi connectivity index (χ1v) is 11.4. The van der Waals surface area contributed by atoms with Crippen molar-refractivity contribution in [3.05, 3.63) is 71.6 Å². The topological polar surface area (TPSA) is 80.2 Å². The summed E-state index contributed by atoms with van der Waals surface area (Å²) < 4.78 is 58.8. The molecule has 0 aliphatic carbocycles. The molecule has 11 heteroatoms. The fourth-order valence-electron chi connectivity index (χ4n) is 4.18. The molecule has 0 saturated carbocycles. The summed E-state index contributed by atoms with van der Waals surface area (Å²) >= 11 is 0. The van der Waals surface area contributed by atoms with E-state index in [4.69, 9.17) is 4.74 Å². The van der Waals surface area contributed by atoms with E-state index in [1.165, 1.54) is 0 Å². The molecule has 3 atom stereocenters. The molecule has 0 bridgehead atoms. The molecule has 4 rings (SSSR count). The highest BCUT2D eigenvalue weighted by Gasteiger charge is 2.38. The van der Waals surface area contributed by atoms with Crippen LogP contribution in [0.2, 0.25) is 0 Å². The van der Waals surface area contributed by atoms with Gasteiger partial charge >= 0.3 is 6.18 Å². The molecule has 0 spiro atoms. The van der Waals surface area contributed by atoms with Gasteiger partial charge in [0.1, 0.15) is 5.69 Å². The first-order valence-electron chi connectivity index (χ1n) is 11.4. The lowest BCUT2D eigenvalue weighted by atomic mass is 10.0. The zero-order chi connectivity index (χ0) is 26.0. The lowest BCUT2D eigenvalue weighted by Gasteiger charge is -2.43. The quantitative estimate of drug-likeness (QED) is 0.507. The van der Waals surface area contributed by atoms with Gasteiger partial charge in [0.05, 0.1) is 29.5 Å². The van der Waals surface area contributed by atoms with E-state index in [0.717, 1.165) is 0 Å². The molecule has 1 saturated heterocycles. The van der Waals surface area contributed by atoms with Crippen molar-refractivity contribution in [3.8, 4) is 11.3 Å². The normalized spacial score (nSPS) is 20.3. The molecular formula is C25H25F4N5O2. The van der Waals surface area contributed by atoms with Crippen molar-refractivity contribution in [1.29, 1.82) is 0 Å². The van der Waals surface area contributed by atoms with E-state index < -0.39 is 29.7 Å². The van der Waals surface area contributed by atoms with Gasteiger partial charge in [-0.3, -0.25) is 9.78 Å². The number of anilines is 1. The van der Waals surface area contributed by atoms with Crippen LogP contribution in [-0.2, 0) is 10.9 Å². The highest BCUT2D eigenvalue weighted by molar-refractivity contribution is 5.99. The van der Waals surface area contributed by atoms with Crippen molar-refractivity contribution in [1.82, 2.24) is 19.9 Å². The van der Waals surface area contributed by atoms with Gasteiger partial charge < -0.3 is 15.0 Å². The summed E-state index contributed by atoms with van der Waals surface area (Å²) in [6.07, 6.45) is -3.24. The molecule has 0 radical (unpaired) electrons. The number of rotatable bonds is 5. The average molecular weight is 504 g/mol. The molecule has 1 aliphatic heterocycles. The summed E-state index contributed by atoms with van der Waals surface area (Å²) in [5.74, 6) is -1.84. The number of alkyl halides is 3. The van der Waals surface area contributed by atoms with Crippen molar-refractivity contribution in [2.24, 2.45) is 0 Å². The third-order valence-corrected chi connectivity index (χ3v) is 5.93. The molecule has 4 heterocycles. The number of pyridine rings is 3. The zero-order valence-corrected chi connectivity index (χ0v) is 19.9. The van der Waals surface area contributed by atoms with Gasteiger partial charge in [0, 0.05) is 36.7 Å². The van der Waals surface area contributed by atoms with Crippen LogP contribution in [0.1, 0.15) is 35.6 Å². The second kappa shape index (κ2) is 10.2. The van der Waals surface area contributed by atoms with E-state index in [9.17, 15) is 22.4 Å². The highest BCUT2D eigenvalue weighted by atomic mass is 19.4. The number of amides is 1. The number of aryl methyl sites for hydroxylation is 1. The van der Waals surface area contributed by atoms with E-state index in [0.29, 0.717) is 29.2 Å². The predicted octanol–water partition coefficient (Wildman–Crippen LogP) is 4.74. The van der Waals surface area contributed by atoms with Crippen molar-refractivity contribution in [3.63, 3.8) is 0 Å². The van der Waals surface area contributed by atoms with E-state index in [-0.39, 0.29) is 36.6 Å². The molecule has 3 aromatic heterocycles. The van der Waals surface area contributed by atoms with Crippen LogP contribution in [0.25, 0.3) is 11.3 Å². The van der Waals surface area contributed by atoms with Gasteiger partial charge in [0.2, 0.25) is 0 Å². The van der Waals surface area contributed by atoms with Crippen LogP contribution >= 0.6 is 0 Å². The molecule has 0 aromatic carbocycles. The fraction of sp³-hybridized carbons (Fsp3) is 0.360. The third kappa shape index (κ3) is 5.46. The number of carbonyl (C=O) groups excluding carboxylic acids is 1. The van der Waals surface area contributed by atoms with Gasteiger partial charge in [-0.2, -0.15) is 13.2 Å². The summed E-state index contributed by atoms with van der Waals surface area (Å²) in [6, 6.07) is 8.77. The Morgan fingerprint density at radius 3 is 2.64 bits per heavy atom. The van der Waals surface area contributed by atoms with Crippen LogP contribution in [0.5, 0.6) is 0 Å². The first kappa shape index (κ1) is 25.5. The number of morpholine rings is 1. The number of nitrogens with zero attached hydrogens (tertiary/aromatic N) is 4. The van der Waals surface area contributed by atoms with Gasteiger partial charge in [-0.05, 0) is 51.1 Å². The molecule has 3 aromatic rings. The molecule has 36 heavy (non-hydrogen) atoms. The van der Waals surface area contributed by atoms with Gasteiger partial charge in [0.15, 0.2) is 11.6 Å². The number of aromatic nitrogens is 3. The van der Waals surface area contributed by atoms with Gasteiger partial charge in [-0.1, -0.05) is 6.07 Å². The second-order valence-electron chi connectivity index (χ2n) is 8.67. The predicted molar refractivity (Wildman–Crippen MR) is 125 cm³/mol. The second-order valence-corrected chi connectivity index (χ2v) is 8.67. The molecule has 7 nitrogen and oxygen atoms in total. The van der Waals surface area contributed by atoms with Gasteiger partial charge in [0.25, 0.3) is 5.91 Å². The smallest absolute Gasteiger partial charge is 0.372 e. The number of ether oxygens (including phenoxy) is 1. The Hall–Kier alpha value is -3.60. The van der Waals surface area contributed by atoms with Crippen LogP contribution in [0.3, 0.4) is 0 Å². The van der Waals surface area contributed by atoms with E-state index in [2.05, 4.69) is 20.3 Å². The van der Waals surface area contributed by atoms with E-state index in [1.807, 2.05) is 13.0 Å². The molecule has 1 fully saturated rings. The van der Waals surface area contributed by atoms with Crippen molar-refractivity contribution in [2.75, 3.05) is 18.4 Å². The Morgan fingerprint density at radius 1 is 1.19 bits per heavy atom. The lowest BCUT2D eigenvalue weighted by Crippen LogP contribution is -2.58. The molecule has 1 aliphatic rings.